The topological polar surface area (TPSA) is 44.7 Å². The third-order valence-corrected chi connectivity index (χ3v) is 3.23. The van der Waals surface area contributed by atoms with Gasteiger partial charge in [0.1, 0.15) is 5.60 Å². The normalized spacial score (nSPS) is 28.7. The summed E-state index contributed by atoms with van der Waals surface area (Å²) in [4.78, 5) is 2.37. The first-order valence-corrected chi connectivity index (χ1v) is 5.40. The van der Waals surface area contributed by atoms with E-state index in [2.05, 4.69) is 10.2 Å². The molecule has 0 saturated carbocycles. The van der Waals surface area contributed by atoms with Crippen molar-refractivity contribution < 1.29 is 9.84 Å². The Labute approximate surface area is 85.2 Å². The first-order chi connectivity index (χ1) is 6.73. The van der Waals surface area contributed by atoms with Crippen LogP contribution in [0.5, 0.6) is 0 Å². The Hall–Kier alpha value is -0.160. The summed E-state index contributed by atoms with van der Waals surface area (Å²) in [7, 11) is 1.64. The van der Waals surface area contributed by atoms with Crippen LogP contribution in [-0.4, -0.2) is 61.5 Å². The van der Waals surface area contributed by atoms with Crippen LogP contribution in [0, 0.1) is 0 Å². The summed E-state index contributed by atoms with van der Waals surface area (Å²) in [6.45, 7) is 4.26. The van der Waals surface area contributed by atoms with E-state index in [1.165, 1.54) is 12.8 Å². The molecular formula is C10H20N2O2. The SMILES string of the molecule is COCC1(O)CN(C2CCNCC2)C1. The van der Waals surface area contributed by atoms with Gasteiger partial charge in [0.2, 0.25) is 0 Å². The molecule has 2 rings (SSSR count). The number of nitrogens with one attached hydrogen (secondary N) is 1. The van der Waals surface area contributed by atoms with Crippen molar-refractivity contribution in [2.24, 2.45) is 0 Å². The van der Waals surface area contributed by atoms with Gasteiger partial charge >= 0.3 is 0 Å². The quantitative estimate of drug-likeness (QED) is 0.640. The van der Waals surface area contributed by atoms with Crippen molar-refractivity contribution in [3.8, 4) is 0 Å². The second kappa shape index (κ2) is 4.14. The van der Waals surface area contributed by atoms with Crippen LogP contribution in [0.3, 0.4) is 0 Å². The fourth-order valence-electron chi connectivity index (χ4n) is 2.50. The smallest absolute Gasteiger partial charge is 0.113 e. The molecule has 2 fully saturated rings. The Morgan fingerprint density at radius 3 is 2.64 bits per heavy atom. The van der Waals surface area contributed by atoms with Crippen LogP contribution >= 0.6 is 0 Å². The van der Waals surface area contributed by atoms with E-state index in [4.69, 9.17) is 4.74 Å². The predicted octanol–water partition coefficient (Wildman–Crippen LogP) is -0.568. The summed E-state index contributed by atoms with van der Waals surface area (Å²) in [5.41, 5.74) is -0.570. The summed E-state index contributed by atoms with van der Waals surface area (Å²) in [6.07, 6.45) is 2.42. The number of aliphatic hydroxyl groups is 1. The fraction of sp³-hybridized carbons (Fsp3) is 1.00. The number of ether oxygens (including phenoxy) is 1. The van der Waals surface area contributed by atoms with E-state index >= 15 is 0 Å². The van der Waals surface area contributed by atoms with E-state index in [0.29, 0.717) is 12.6 Å². The maximum Gasteiger partial charge on any atom is 0.113 e. The van der Waals surface area contributed by atoms with Gasteiger partial charge in [-0.2, -0.15) is 0 Å². The van der Waals surface area contributed by atoms with Gasteiger partial charge in [0, 0.05) is 26.2 Å². The number of nitrogens with zero attached hydrogens (tertiary/aromatic N) is 1. The molecule has 14 heavy (non-hydrogen) atoms. The predicted molar refractivity (Wildman–Crippen MR) is 54.3 cm³/mol. The fourth-order valence-corrected chi connectivity index (χ4v) is 2.50. The first kappa shape index (κ1) is 10.4. The number of likely N-dealkylation sites (tertiary alicyclic amines) is 1. The Kier molecular flexibility index (Phi) is 3.07. The highest BCUT2D eigenvalue weighted by Gasteiger charge is 2.43. The molecule has 0 aromatic carbocycles. The Balaban J connectivity index is 1.75. The summed E-state index contributed by atoms with van der Waals surface area (Å²) < 4.78 is 5.00. The molecule has 0 atom stereocenters. The lowest BCUT2D eigenvalue weighted by Gasteiger charge is -2.50. The third-order valence-electron chi connectivity index (χ3n) is 3.23. The molecule has 82 valence electrons. The van der Waals surface area contributed by atoms with Gasteiger partial charge < -0.3 is 15.2 Å². The van der Waals surface area contributed by atoms with Gasteiger partial charge in [-0.1, -0.05) is 0 Å². The van der Waals surface area contributed by atoms with Crippen molar-refractivity contribution in [3.63, 3.8) is 0 Å². The molecular weight excluding hydrogens is 180 g/mol. The van der Waals surface area contributed by atoms with Crippen LogP contribution in [0.25, 0.3) is 0 Å². The van der Waals surface area contributed by atoms with Gasteiger partial charge in [-0.15, -0.1) is 0 Å². The minimum atomic E-state index is -0.570. The molecule has 0 amide bonds. The van der Waals surface area contributed by atoms with E-state index < -0.39 is 5.60 Å². The van der Waals surface area contributed by atoms with Crippen molar-refractivity contribution in [1.82, 2.24) is 10.2 Å². The summed E-state index contributed by atoms with van der Waals surface area (Å²) in [6, 6.07) is 0.674. The largest absolute Gasteiger partial charge is 0.385 e. The van der Waals surface area contributed by atoms with Gasteiger partial charge in [0.25, 0.3) is 0 Å². The second-order valence-electron chi connectivity index (χ2n) is 4.54. The summed E-state index contributed by atoms with van der Waals surface area (Å²) in [5.74, 6) is 0. The van der Waals surface area contributed by atoms with E-state index in [1.807, 2.05) is 0 Å². The lowest BCUT2D eigenvalue weighted by Crippen LogP contribution is -2.67. The second-order valence-corrected chi connectivity index (χ2v) is 4.54. The summed E-state index contributed by atoms with van der Waals surface area (Å²) in [5, 5.41) is 13.3. The molecule has 2 saturated heterocycles. The van der Waals surface area contributed by atoms with Crippen LogP contribution < -0.4 is 5.32 Å². The summed E-state index contributed by atoms with van der Waals surface area (Å²) >= 11 is 0. The van der Waals surface area contributed by atoms with Crippen LogP contribution in [0.2, 0.25) is 0 Å². The van der Waals surface area contributed by atoms with Crippen LogP contribution in [0.1, 0.15) is 12.8 Å². The molecule has 0 unspecified atom stereocenters. The zero-order valence-corrected chi connectivity index (χ0v) is 8.83. The highest BCUT2D eigenvalue weighted by molar-refractivity contribution is 4.98. The number of piperidine rings is 1. The molecule has 2 N–H and O–H groups in total. The van der Waals surface area contributed by atoms with E-state index in [-0.39, 0.29) is 0 Å². The van der Waals surface area contributed by atoms with Gasteiger partial charge in [0.15, 0.2) is 0 Å². The van der Waals surface area contributed by atoms with Crippen molar-refractivity contribution in [1.29, 1.82) is 0 Å². The van der Waals surface area contributed by atoms with E-state index in [1.54, 1.807) is 7.11 Å². The molecule has 0 spiro atoms. The number of β-amino-alcohol motifs (C(OH)–C–C–N with tert-alkyl or cyclic N) is 1. The minimum absolute atomic E-state index is 0.467. The van der Waals surface area contributed by atoms with Crippen LogP contribution in [0.15, 0.2) is 0 Å². The van der Waals surface area contributed by atoms with Crippen molar-refractivity contribution in [3.05, 3.63) is 0 Å². The van der Waals surface area contributed by atoms with Crippen LogP contribution in [-0.2, 0) is 4.74 Å². The van der Waals surface area contributed by atoms with Gasteiger partial charge in [-0.3, -0.25) is 4.90 Å². The van der Waals surface area contributed by atoms with Gasteiger partial charge in [-0.25, -0.2) is 0 Å². The molecule has 0 radical (unpaired) electrons. The average Bonchev–Trinajstić information content (AvgIpc) is 2.16. The van der Waals surface area contributed by atoms with Gasteiger partial charge in [-0.05, 0) is 25.9 Å². The molecule has 4 heteroatoms. The first-order valence-electron chi connectivity index (χ1n) is 5.40. The third kappa shape index (κ3) is 2.08. The molecule has 0 aromatic heterocycles. The zero-order chi connectivity index (χ0) is 10.0. The molecule has 4 nitrogen and oxygen atoms in total. The van der Waals surface area contributed by atoms with E-state index in [9.17, 15) is 5.11 Å². The van der Waals surface area contributed by atoms with Crippen LogP contribution in [0.4, 0.5) is 0 Å². The van der Waals surface area contributed by atoms with Gasteiger partial charge in [0.05, 0.1) is 6.61 Å². The van der Waals surface area contributed by atoms with E-state index in [0.717, 1.165) is 26.2 Å². The highest BCUT2D eigenvalue weighted by Crippen LogP contribution is 2.26. The maximum absolute atomic E-state index is 9.93. The van der Waals surface area contributed by atoms with Crippen molar-refractivity contribution >= 4 is 0 Å². The number of methoxy groups -OCH3 is 1. The minimum Gasteiger partial charge on any atom is -0.385 e. The molecule has 0 aromatic rings. The molecule has 0 bridgehead atoms. The molecule has 2 aliphatic rings. The molecule has 2 aliphatic heterocycles. The standard InChI is InChI=1S/C10H20N2O2/c1-14-8-10(13)6-12(7-10)9-2-4-11-5-3-9/h9,11,13H,2-8H2,1H3. The van der Waals surface area contributed by atoms with Crippen molar-refractivity contribution in [2.75, 3.05) is 39.9 Å². The molecule has 2 heterocycles. The monoisotopic (exact) mass is 200 g/mol. The average molecular weight is 200 g/mol. The zero-order valence-electron chi connectivity index (χ0n) is 8.83. The number of hydrogen-bond acceptors (Lipinski definition) is 4. The Morgan fingerprint density at radius 1 is 1.43 bits per heavy atom. The Bertz CT molecular complexity index is 187. The Morgan fingerprint density at radius 2 is 2.07 bits per heavy atom. The lowest BCUT2D eigenvalue weighted by atomic mass is 9.90. The number of hydrogen-bond donors (Lipinski definition) is 2. The lowest BCUT2D eigenvalue weighted by molar-refractivity contribution is -0.148. The highest BCUT2D eigenvalue weighted by atomic mass is 16.5. The number of rotatable bonds is 3. The molecule has 0 aliphatic carbocycles. The maximum atomic E-state index is 9.93. The van der Waals surface area contributed by atoms with Crippen molar-refractivity contribution in [2.45, 2.75) is 24.5 Å².